The van der Waals surface area contributed by atoms with Crippen LogP contribution in [0.2, 0.25) is 0 Å². The number of primary amides is 1. The van der Waals surface area contributed by atoms with Gasteiger partial charge in [-0.1, -0.05) is 42.5 Å². The molecule has 0 aliphatic carbocycles. The van der Waals surface area contributed by atoms with E-state index in [2.05, 4.69) is 15.0 Å². The van der Waals surface area contributed by atoms with Crippen LogP contribution in [0.5, 0.6) is 0 Å². The highest BCUT2D eigenvalue weighted by atomic mass is 32.2. The topological polar surface area (TPSA) is 131 Å². The summed E-state index contributed by atoms with van der Waals surface area (Å²) in [6, 6.07) is 21.3. The second kappa shape index (κ2) is 8.64. The van der Waals surface area contributed by atoms with Gasteiger partial charge in [0.05, 0.1) is 0 Å². The summed E-state index contributed by atoms with van der Waals surface area (Å²) < 4.78 is 28.1. The summed E-state index contributed by atoms with van der Waals surface area (Å²) in [6.07, 6.45) is 0.287. The summed E-state index contributed by atoms with van der Waals surface area (Å²) in [5.74, 6) is -0.850. The molecule has 1 unspecified atom stereocenters. The number of anilines is 1. The van der Waals surface area contributed by atoms with E-state index in [9.17, 15) is 18.0 Å². The fraction of sp³-hybridized carbons (Fsp3) is 0.0870. The Bertz CT molecular complexity index is 1300. The third-order valence-electron chi connectivity index (χ3n) is 4.97. The molecular formula is C23H20N4O4S. The average molecular weight is 449 g/mol. The first kappa shape index (κ1) is 21.3. The number of nitrogens with one attached hydrogen (secondary N) is 2. The van der Waals surface area contributed by atoms with Gasteiger partial charge in [0.1, 0.15) is 10.9 Å². The molecule has 0 aromatic heterocycles. The highest BCUT2D eigenvalue weighted by Crippen LogP contribution is 2.26. The maximum Gasteiger partial charge on any atom is 0.285 e. The van der Waals surface area contributed by atoms with Crippen LogP contribution in [-0.2, 0) is 21.2 Å². The zero-order valence-electron chi connectivity index (χ0n) is 16.9. The summed E-state index contributed by atoms with van der Waals surface area (Å²) in [5.41, 5.74) is 7.71. The molecule has 1 aliphatic heterocycles. The second-order valence-electron chi connectivity index (χ2n) is 7.23. The molecular weight excluding hydrogens is 428 g/mol. The van der Waals surface area contributed by atoms with Gasteiger partial charge in [-0.3, -0.25) is 9.59 Å². The Hall–Kier alpha value is -3.98. The Labute approximate surface area is 185 Å². The lowest BCUT2D eigenvalue weighted by atomic mass is 10.0. The molecule has 0 spiro atoms. The molecule has 1 heterocycles. The number of benzene rings is 3. The van der Waals surface area contributed by atoms with Crippen LogP contribution < -0.4 is 16.4 Å². The number of amidine groups is 1. The molecule has 0 fully saturated rings. The van der Waals surface area contributed by atoms with Crippen LogP contribution in [0.3, 0.4) is 0 Å². The number of rotatable bonds is 6. The highest BCUT2D eigenvalue weighted by molar-refractivity contribution is 7.90. The van der Waals surface area contributed by atoms with Gasteiger partial charge in [0.15, 0.2) is 5.84 Å². The first-order valence-corrected chi connectivity index (χ1v) is 11.2. The lowest BCUT2D eigenvalue weighted by Crippen LogP contribution is -2.45. The van der Waals surface area contributed by atoms with E-state index in [0.29, 0.717) is 16.8 Å². The molecule has 4 N–H and O–H groups in total. The molecule has 1 aliphatic rings. The molecule has 4 rings (SSSR count). The van der Waals surface area contributed by atoms with Crippen molar-refractivity contribution in [1.82, 2.24) is 5.32 Å². The zero-order chi connectivity index (χ0) is 22.7. The smallest absolute Gasteiger partial charge is 0.285 e. The van der Waals surface area contributed by atoms with E-state index in [4.69, 9.17) is 5.73 Å². The van der Waals surface area contributed by atoms with Crippen molar-refractivity contribution < 1.29 is 18.0 Å². The lowest BCUT2D eigenvalue weighted by Gasteiger charge is -2.16. The molecule has 32 heavy (non-hydrogen) atoms. The second-order valence-corrected chi connectivity index (χ2v) is 8.80. The van der Waals surface area contributed by atoms with Crippen LogP contribution in [0.15, 0.2) is 88.2 Å². The minimum atomic E-state index is -3.73. The van der Waals surface area contributed by atoms with Crippen LogP contribution in [0.25, 0.3) is 0 Å². The minimum absolute atomic E-state index is 0.148. The first-order valence-electron chi connectivity index (χ1n) is 9.79. The van der Waals surface area contributed by atoms with E-state index >= 15 is 0 Å². The van der Waals surface area contributed by atoms with Gasteiger partial charge in [0, 0.05) is 23.2 Å². The Morgan fingerprint density at radius 3 is 2.25 bits per heavy atom. The van der Waals surface area contributed by atoms with Crippen molar-refractivity contribution in [2.24, 2.45) is 10.1 Å². The van der Waals surface area contributed by atoms with E-state index in [0.717, 1.165) is 5.56 Å². The van der Waals surface area contributed by atoms with Crippen molar-refractivity contribution in [2.45, 2.75) is 17.4 Å². The van der Waals surface area contributed by atoms with Crippen molar-refractivity contribution in [3.8, 4) is 0 Å². The van der Waals surface area contributed by atoms with E-state index in [-0.39, 0.29) is 17.2 Å². The number of nitrogens with two attached hydrogens (primary N) is 1. The van der Waals surface area contributed by atoms with Gasteiger partial charge in [-0.25, -0.2) is 0 Å². The van der Waals surface area contributed by atoms with Gasteiger partial charge in [0.25, 0.3) is 15.9 Å². The van der Waals surface area contributed by atoms with Crippen molar-refractivity contribution in [1.29, 1.82) is 0 Å². The van der Waals surface area contributed by atoms with Gasteiger partial charge in [0.2, 0.25) is 5.91 Å². The van der Waals surface area contributed by atoms with Gasteiger partial charge < -0.3 is 16.4 Å². The number of fused-ring (bicyclic) bond motifs is 1. The molecule has 3 aromatic carbocycles. The molecule has 1 atom stereocenters. The molecule has 0 radical (unpaired) electrons. The monoisotopic (exact) mass is 448 g/mol. The molecule has 3 aromatic rings. The van der Waals surface area contributed by atoms with Crippen LogP contribution >= 0.6 is 0 Å². The number of nitrogens with zero attached hydrogens (tertiary/aromatic N) is 1. The summed E-state index contributed by atoms with van der Waals surface area (Å²) in [6.45, 7) is 0. The standard InChI is InChI=1S/C23H20N4O4S/c24-21(28)19(14-15-6-2-1-3-7-15)26-23(29)16-10-12-17(13-11-16)25-22-18-8-4-5-9-20(18)32(30,31)27-22/h1-13,19H,14H2,(H2,24,28)(H,25,27)(H,26,29). The number of carbonyl (C=O) groups excluding carboxylic acids is 2. The largest absolute Gasteiger partial charge is 0.368 e. The van der Waals surface area contributed by atoms with Crippen LogP contribution in [0.4, 0.5) is 5.69 Å². The zero-order valence-corrected chi connectivity index (χ0v) is 17.7. The van der Waals surface area contributed by atoms with Crippen LogP contribution in [-0.4, -0.2) is 32.1 Å². The first-order chi connectivity index (χ1) is 15.3. The number of sulfonamides is 1. The number of amides is 2. The van der Waals surface area contributed by atoms with Gasteiger partial charge in [-0.2, -0.15) is 8.42 Å². The normalized spacial score (nSPS) is 14.7. The number of hydrogen-bond acceptors (Lipinski definition) is 5. The third kappa shape index (κ3) is 4.52. The molecule has 0 saturated carbocycles. The predicted molar refractivity (Wildman–Crippen MR) is 121 cm³/mol. The quantitative estimate of drug-likeness (QED) is 0.531. The summed E-state index contributed by atoms with van der Waals surface area (Å²) >= 11 is 0. The Morgan fingerprint density at radius 1 is 0.906 bits per heavy atom. The fourth-order valence-electron chi connectivity index (χ4n) is 3.35. The molecule has 9 heteroatoms. The molecule has 8 nitrogen and oxygen atoms in total. The molecule has 2 amide bonds. The van der Waals surface area contributed by atoms with Crippen molar-refractivity contribution >= 4 is 33.4 Å². The SMILES string of the molecule is NC(=O)C(Cc1ccccc1)NC(=O)c1ccc(NC2=NS(=O)(=O)c3ccccc32)cc1. The maximum absolute atomic E-state index is 12.6. The minimum Gasteiger partial charge on any atom is -0.368 e. The van der Waals surface area contributed by atoms with Crippen LogP contribution in [0, 0.1) is 0 Å². The maximum atomic E-state index is 12.6. The van der Waals surface area contributed by atoms with Crippen molar-refractivity contribution in [2.75, 3.05) is 5.32 Å². The number of hydrogen-bond donors (Lipinski definition) is 3. The Kier molecular flexibility index (Phi) is 5.74. The van der Waals surface area contributed by atoms with Crippen LogP contribution in [0.1, 0.15) is 21.5 Å². The van der Waals surface area contributed by atoms with E-state index in [1.54, 1.807) is 42.5 Å². The highest BCUT2D eigenvalue weighted by Gasteiger charge is 2.28. The van der Waals surface area contributed by atoms with E-state index in [1.165, 1.54) is 6.07 Å². The fourth-order valence-corrected chi connectivity index (χ4v) is 4.53. The van der Waals surface area contributed by atoms with Gasteiger partial charge >= 0.3 is 0 Å². The summed E-state index contributed by atoms with van der Waals surface area (Å²) in [7, 11) is -3.73. The molecule has 0 saturated heterocycles. The summed E-state index contributed by atoms with van der Waals surface area (Å²) in [4.78, 5) is 24.6. The van der Waals surface area contributed by atoms with Gasteiger partial charge in [-0.15, -0.1) is 4.40 Å². The Balaban J connectivity index is 1.45. The Morgan fingerprint density at radius 2 is 1.56 bits per heavy atom. The van der Waals surface area contributed by atoms with Gasteiger partial charge in [-0.05, 0) is 42.0 Å². The van der Waals surface area contributed by atoms with E-state index < -0.39 is 27.9 Å². The molecule has 162 valence electrons. The lowest BCUT2D eigenvalue weighted by molar-refractivity contribution is -0.119. The van der Waals surface area contributed by atoms with Crippen molar-refractivity contribution in [3.63, 3.8) is 0 Å². The third-order valence-corrected chi connectivity index (χ3v) is 6.31. The predicted octanol–water partition coefficient (Wildman–Crippen LogP) is 2.07. The molecule has 0 bridgehead atoms. The van der Waals surface area contributed by atoms with E-state index in [1.807, 2.05) is 30.3 Å². The summed E-state index contributed by atoms with van der Waals surface area (Å²) in [5, 5.41) is 5.64. The number of carbonyl (C=O) groups is 2. The van der Waals surface area contributed by atoms with Crippen molar-refractivity contribution in [3.05, 3.63) is 95.6 Å². The average Bonchev–Trinajstić information content (AvgIpc) is 3.04.